The predicted molar refractivity (Wildman–Crippen MR) is 139 cm³/mol. The number of hydrogen-bond acceptors (Lipinski definition) is 4. The van der Waals surface area contributed by atoms with Crippen molar-refractivity contribution in [1.82, 2.24) is 0 Å². The maximum absolute atomic E-state index is 10.6. The van der Waals surface area contributed by atoms with Gasteiger partial charge in [-0.15, -0.1) is 0 Å². The Bertz CT molecular complexity index is 739. The zero-order chi connectivity index (χ0) is 22.9. The lowest BCUT2D eigenvalue weighted by Crippen LogP contribution is -2.67. The van der Waals surface area contributed by atoms with Crippen LogP contribution in [0.4, 0.5) is 0 Å². The van der Waals surface area contributed by atoms with Crippen LogP contribution in [-0.4, -0.2) is 26.4 Å². The molecule has 0 bridgehead atoms. The number of aliphatic hydroxyl groups is 1. The van der Waals surface area contributed by atoms with Crippen molar-refractivity contribution < 1.29 is 9.84 Å². The molecular weight excluding hydrogens is 432 g/mol. The summed E-state index contributed by atoms with van der Waals surface area (Å²) in [6.07, 6.45) is 13.7. The quantitative estimate of drug-likeness (QED) is 0.412. The molecule has 1 N–H and O–H groups in total. The summed E-state index contributed by atoms with van der Waals surface area (Å²) in [5.41, 5.74) is 0.465. The number of rotatable bonds is 5. The second-order valence-corrected chi connectivity index (χ2v) is 15.1. The van der Waals surface area contributed by atoms with E-state index in [0.717, 1.165) is 59.2 Å². The van der Waals surface area contributed by atoms with E-state index in [-0.39, 0.29) is 17.1 Å². The van der Waals surface area contributed by atoms with Crippen LogP contribution >= 0.6 is 24.0 Å². The SMILES string of the molecule is CC(C)CCC[C@@H](C)[C@H]1CC[C@H]2[C@@H]3C[C@@H]4SC(=S)OC45C[C@@H](O)CC[C@]5(C)[C@H]3CC[C@]12C. The number of aliphatic hydroxyl groups excluding tert-OH is 1. The van der Waals surface area contributed by atoms with Gasteiger partial charge in [-0.1, -0.05) is 65.6 Å². The number of thiocarbonyl (C=S) groups is 1. The molecule has 1 saturated heterocycles. The lowest BCUT2D eigenvalue weighted by molar-refractivity contribution is -0.203. The summed E-state index contributed by atoms with van der Waals surface area (Å²) < 4.78 is 7.32. The first kappa shape index (κ1) is 23.9. The molecule has 1 aliphatic heterocycles. The summed E-state index contributed by atoms with van der Waals surface area (Å²) in [6, 6.07) is 0. The lowest BCUT2D eigenvalue weighted by Gasteiger charge is -2.65. The van der Waals surface area contributed by atoms with E-state index in [9.17, 15) is 5.11 Å². The minimum absolute atomic E-state index is 0.162. The summed E-state index contributed by atoms with van der Waals surface area (Å²) in [5.74, 6) is 5.02. The fourth-order valence-corrected chi connectivity index (χ4v) is 11.7. The summed E-state index contributed by atoms with van der Waals surface area (Å²) in [7, 11) is 0. The molecule has 4 saturated carbocycles. The van der Waals surface area contributed by atoms with E-state index in [0.29, 0.717) is 10.7 Å². The van der Waals surface area contributed by atoms with Crippen molar-refractivity contribution in [3.8, 4) is 0 Å². The number of ether oxygens (including phenoxy) is 1. The highest BCUT2D eigenvalue weighted by Crippen LogP contribution is 2.72. The van der Waals surface area contributed by atoms with Crippen LogP contribution < -0.4 is 0 Å². The molecule has 1 spiro atoms. The lowest BCUT2D eigenvalue weighted by atomic mass is 9.42. The third kappa shape index (κ3) is 3.47. The highest BCUT2D eigenvalue weighted by Gasteiger charge is 2.71. The van der Waals surface area contributed by atoms with Crippen molar-refractivity contribution >= 4 is 28.4 Å². The van der Waals surface area contributed by atoms with Crippen molar-refractivity contribution in [2.45, 2.75) is 122 Å². The van der Waals surface area contributed by atoms with E-state index in [1.807, 2.05) is 11.8 Å². The van der Waals surface area contributed by atoms with E-state index in [1.54, 1.807) is 0 Å². The highest BCUT2D eigenvalue weighted by molar-refractivity contribution is 8.23. The molecule has 2 nitrogen and oxygen atoms in total. The fraction of sp³-hybridized carbons (Fsp3) is 0.964. The zero-order valence-corrected chi connectivity index (χ0v) is 22.7. The van der Waals surface area contributed by atoms with Gasteiger partial charge in [0.1, 0.15) is 5.60 Å². The molecule has 5 aliphatic rings. The van der Waals surface area contributed by atoms with Crippen molar-refractivity contribution in [2.75, 3.05) is 0 Å². The molecule has 5 rings (SSSR count). The van der Waals surface area contributed by atoms with Gasteiger partial charge in [-0.05, 0) is 98.1 Å². The smallest absolute Gasteiger partial charge is 0.221 e. The first-order valence-electron chi connectivity index (χ1n) is 13.7. The van der Waals surface area contributed by atoms with E-state index in [1.165, 1.54) is 51.4 Å². The Morgan fingerprint density at radius 2 is 1.84 bits per heavy atom. The standard InChI is InChI=1S/C28H46O2S2/c1-17(2)7-6-8-18(3)21-9-10-22-20-15-24-28(30-25(31)32-24)16-19(29)11-14-27(28,5)23(20)12-13-26(21,22)4/h17-24,29H,6-16H2,1-5H3/t18-,19+,20+,21-,22+,23+,24+,26-,27-,28?/m1/s1. The molecule has 32 heavy (non-hydrogen) atoms. The Morgan fingerprint density at radius 1 is 1.06 bits per heavy atom. The molecule has 0 aromatic carbocycles. The van der Waals surface area contributed by atoms with Crippen molar-refractivity contribution in [2.24, 2.45) is 46.3 Å². The second kappa shape index (κ2) is 8.40. The zero-order valence-electron chi connectivity index (χ0n) is 21.1. The molecular formula is C28H46O2S2. The summed E-state index contributed by atoms with van der Waals surface area (Å²) in [6.45, 7) is 12.5. The number of fused-ring (bicyclic) bond motifs is 4. The molecule has 4 heteroatoms. The van der Waals surface area contributed by atoms with Gasteiger partial charge in [-0.3, -0.25) is 0 Å². The minimum atomic E-state index is -0.222. The van der Waals surface area contributed by atoms with Crippen LogP contribution in [0.3, 0.4) is 0 Å². The predicted octanol–water partition coefficient (Wildman–Crippen LogP) is 7.62. The summed E-state index contributed by atoms with van der Waals surface area (Å²) >= 11 is 7.47. The minimum Gasteiger partial charge on any atom is -0.470 e. The van der Waals surface area contributed by atoms with Gasteiger partial charge < -0.3 is 9.84 Å². The monoisotopic (exact) mass is 478 g/mol. The average Bonchev–Trinajstić information content (AvgIpc) is 3.22. The normalized spacial score (nSPS) is 50.9. The van der Waals surface area contributed by atoms with Gasteiger partial charge in [0.25, 0.3) is 0 Å². The first-order valence-corrected chi connectivity index (χ1v) is 15.0. The summed E-state index contributed by atoms with van der Waals surface area (Å²) in [4.78, 5) is 0. The van der Waals surface area contributed by atoms with E-state index >= 15 is 0 Å². The van der Waals surface area contributed by atoms with Gasteiger partial charge in [0.05, 0.1) is 11.4 Å². The van der Waals surface area contributed by atoms with Crippen LogP contribution in [0.5, 0.6) is 0 Å². The van der Waals surface area contributed by atoms with Gasteiger partial charge in [-0.2, -0.15) is 0 Å². The Labute approximate surface area is 206 Å². The maximum atomic E-state index is 10.6. The molecule has 182 valence electrons. The number of hydrogen-bond donors (Lipinski definition) is 1. The van der Waals surface area contributed by atoms with Crippen molar-refractivity contribution in [3.63, 3.8) is 0 Å². The topological polar surface area (TPSA) is 29.5 Å². The maximum Gasteiger partial charge on any atom is 0.221 e. The fourth-order valence-electron chi connectivity index (χ4n) is 9.89. The van der Waals surface area contributed by atoms with Gasteiger partial charge in [0.15, 0.2) is 0 Å². The Hall–Kier alpha value is 0.200. The van der Waals surface area contributed by atoms with Crippen LogP contribution in [0.15, 0.2) is 0 Å². The Kier molecular flexibility index (Phi) is 6.28. The molecule has 0 radical (unpaired) electrons. The highest BCUT2D eigenvalue weighted by atomic mass is 32.2. The largest absolute Gasteiger partial charge is 0.470 e. The third-order valence-corrected chi connectivity index (χ3v) is 13.0. The van der Waals surface area contributed by atoms with Gasteiger partial charge in [-0.25, -0.2) is 0 Å². The van der Waals surface area contributed by atoms with Crippen LogP contribution in [-0.2, 0) is 4.74 Å². The van der Waals surface area contributed by atoms with Crippen molar-refractivity contribution in [1.29, 1.82) is 0 Å². The van der Waals surface area contributed by atoms with Crippen LogP contribution in [0.25, 0.3) is 0 Å². The number of thioether (sulfide) groups is 1. The van der Waals surface area contributed by atoms with Crippen LogP contribution in [0, 0.1) is 46.3 Å². The first-order chi connectivity index (χ1) is 15.1. The molecule has 0 aromatic rings. The molecule has 4 aliphatic carbocycles. The van der Waals surface area contributed by atoms with Gasteiger partial charge in [0, 0.05) is 11.8 Å². The molecule has 0 aromatic heterocycles. The second-order valence-electron chi connectivity index (χ2n) is 13.3. The Balaban J connectivity index is 1.39. The molecule has 1 heterocycles. The molecule has 0 amide bonds. The average molecular weight is 479 g/mol. The van der Waals surface area contributed by atoms with Gasteiger partial charge >= 0.3 is 0 Å². The van der Waals surface area contributed by atoms with E-state index < -0.39 is 0 Å². The van der Waals surface area contributed by atoms with Gasteiger partial charge in [0.2, 0.25) is 4.38 Å². The molecule has 5 fully saturated rings. The Morgan fingerprint density at radius 3 is 2.59 bits per heavy atom. The van der Waals surface area contributed by atoms with E-state index in [4.69, 9.17) is 17.0 Å². The van der Waals surface area contributed by atoms with Crippen LogP contribution in [0.1, 0.15) is 105 Å². The third-order valence-electron chi connectivity index (χ3n) is 11.5. The summed E-state index contributed by atoms with van der Waals surface area (Å²) in [5, 5.41) is 11.1. The van der Waals surface area contributed by atoms with Crippen LogP contribution in [0.2, 0.25) is 0 Å². The van der Waals surface area contributed by atoms with Crippen molar-refractivity contribution in [3.05, 3.63) is 0 Å². The molecule has 1 unspecified atom stereocenters. The molecule has 10 atom stereocenters. The van der Waals surface area contributed by atoms with E-state index in [2.05, 4.69) is 34.6 Å².